The molecule has 0 aromatic heterocycles. The molecule has 1 saturated carbocycles. The molecule has 4 heteroatoms. The quantitative estimate of drug-likeness (QED) is 0.800. The lowest BCUT2D eigenvalue weighted by atomic mass is 9.82. The summed E-state index contributed by atoms with van der Waals surface area (Å²) in [4.78, 5) is 12.7. The molecule has 3 nitrogen and oxygen atoms in total. The molecule has 1 amide bonds. The van der Waals surface area contributed by atoms with Crippen LogP contribution in [0.2, 0.25) is 0 Å². The van der Waals surface area contributed by atoms with Gasteiger partial charge in [-0.1, -0.05) is 17.7 Å². The van der Waals surface area contributed by atoms with Crippen LogP contribution in [-0.4, -0.2) is 29.4 Å². The van der Waals surface area contributed by atoms with Crippen LogP contribution in [0.1, 0.15) is 18.4 Å². The number of amides is 1. The number of nitrogens with one attached hydrogen (secondary N) is 1. The first-order valence-corrected chi connectivity index (χ1v) is 7.26. The number of benzene rings is 1. The molecule has 2 rings (SSSR count). The Morgan fingerprint density at radius 1 is 1.39 bits per heavy atom. The van der Waals surface area contributed by atoms with Gasteiger partial charge in [-0.15, -0.1) is 11.8 Å². The second kappa shape index (κ2) is 6.25. The average molecular weight is 265 g/mol. The number of aliphatic hydroxyl groups is 1. The Morgan fingerprint density at radius 2 is 2.06 bits per heavy atom. The summed E-state index contributed by atoms with van der Waals surface area (Å²) in [6, 6.07) is 8.18. The van der Waals surface area contributed by atoms with Crippen molar-refractivity contribution in [3.05, 3.63) is 29.8 Å². The predicted octanol–water partition coefficient (Wildman–Crippen LogP) is 1.97. The third-order valence-electron chi connectivity index (χ3n) is 3.19. The molecule has 0 unspecified atom stereocenters. The molecule has 2 N–H and O–H groups in total. The molecule has 1 aliphatic carbocycles. The van der Waals surface area contributed by atoms with Crippen molar-refractivity contribution in [2.75, 3.05) is 12.3 Å². The molecule has 0 saturated heterocycles. The van der Waals surface area contributed by atoms with E-state index in [1.54, 1.807) is 11.8 Å². The number of carbonyl (C=O) groups excluding carboxylic acids is 1. The largest absolute Gasteiger partial charge is 0.393 e. The van der Waals surface area contributed by atoms with Crippen LogP contribution >= 0.6 is 11.8 Å². The smallest absolute Gasteiger partial charge is 0.230 e. The first-order valence-electron chi connectivity index (χ1n) is 6.27. The second-order valence-corrected chi connectivity index (χ2v) is 5.95. The lowest BCUT2D eigenvalue weighted by Crippen LogP contribution is -2.38. The molecule has 1 aliphatic rings. The number of aliphatic hydroxyl groups excluding tert-OH is 1. The molecule has 0 atom stereocenters. The fourth-order valence-corrected chi connectivity index (χ4v) is 2.69. The number of carbonyl (C=O) groups is 1. The van der Waals surface area contributed by atoms with Crippen molar-refractivity contribution >= 4 is 17.7 Å². The van der Waals surface area contributed by atoms with Crippen LogP contribution < -0.4 is 5.32 Å². The van der Waals surface area contributed by atoms with Crippen molar-refractivity contribution in [3.63, 3.8) is 0 Å². The highest BCUT2D eigenvalue weighted by molar-refractivity contribution is 8.00. The van der Waals surface area contributed by atoms with Crippen molar-refractivity contribution in [1.29, 1.82) is 0 Å². The van der Waals surface area contributed by atoms with Gasteiger partial charge in [-0.25, -0.2) is 0 Å². The van der Waals surface area contributed by atoms with E-state index in [9.17, 15) is 4.79 Å². The molecular formula is C14H19NO2S. The Bertz CT molecular complexity index is 399. The van der Waals surface area contributed by atoms with E-state index < -0.39 is 0 Å². The van der Waals surface area contributed by atoms with Gasteiger partial charge in [-0.05, 0) is 37.8 Å². The van der Waals surface area contributed by atoms with Crippen LogP contribution in [-0.2, 0) is 4.79 Å². The summed E-state index contributed by atoms with van der Waals surface area (Å²) in [5, 5.41) is 12.1. The minimum absolute atomic E-state index is 0.0713. The first-order chi connectivity index (χ1) is 8.63. The highest BCUT2D eigenvalue weighted by Crippen LogP contribution is 2.26. The maximum absolute atomic E-state index is 11.6. The van der Waals surface area contributed by atoms with Crippen molar-refractivity contribution in [2.24, 2.45) is 5.92 Å². The van der Waals surface area contributed by atoms with Crippen molar-refractivity contribution < 1.29 is 9.90 Å². The van der Waals surface area contributed by atoms with Crippen molar-refractivity contribution in [3.8, 4) is 0 Å². The summed E-state index contributed by atoms with van der Waals surface area (Å²) in [7, 11) is 0. The zero-order valence-electron chi connectivity index (χ0n) is 10.6. The number of hydrogen-bond donors (Lipinski definition) is 2. The summed E-state index contributed by atoms with van der Waals surface area (Å²) in [5.74, 6) is 0.994. The standard InChI is InChI=1S/C14H19NO2S/c1-10-2-4-13(5-3-10)18-9-14(17)15-8-11-6-12(16)7-11/h2-5,11-12,16H,6-9H2,1H3,(H,15,17). The van der Waals surface area contributed by atoms with Gasteiger partial charge in [0.05, 0.1) is 11.9 Å². The lowest BCUT2D eigenvalue weighted by molar-refractivity contribution is -0.119. The number of aryl methyl sites for hydroxylation is 1. The van der Waals surface area contributed by atoms with E-state index >= 15 is 0 Å². The third-order valence-corrected chi connectivity index (χ3v) is 4.20. The molecule has 98 valence electrons. The van der Waals surface area contributed by atoms with Crippen LogP contribution in [0.3, 0.4) is 0 Å². The predicted molar refractivity (Wildman–Crippen MR) is 73.6 cm³/mol. The maximum Gasteiger partial charge on any atom is 0.230 e. The summed E-state index contributed by atoms with van der Waals surface area (Å²) in [5.41, 5.74) is 1.23. The van der Waals surface area contributed by atoms with Gasteiger partial charge in [-0.3, -0.25) is 4.79 Å². The highest BCUT2D eigenvalue weighted by Gasteiger charge is 2.26. The van der Waals surface area contributed by atoms with Crippen molar-refractivity contribution in [1.82, 2.24) is 5.32 Å². The molecule has 0 heterocycles. The highest BCUT2D eigenvalue weighted by atomic mass is 32.2. The summed E-state index contributed by atoms with van der Waals surface area (Å²) < 4.78 is 0. The Balaban J connectivity index is 1.64. The lowest BCUT2D eigenvalue weighted by Gasteiger charge is -2.31. The fourth-order valence-electron chi connectivity index (χ4n) is 1.96. The third kappa shape index (κ3) is 4.03. The van der Waals surface area contributed by atoms with E-state index in [0.29, 0.717) is 18.2 Å². The summed E-state index contributed by atoms with van der Waals surface area (Å²) in [6.07, 6.45) is 1.50. The van der Waals surface area contributed by atoms with Crippen LogP contribution in [0.25, 0.3) is 0 Å². The maximum atomic E-state index is 11.6. The summed E-state index contributed by atoms with van der Waals surface area (Å²) >= 11 is 1.55. The van der Waals surface area contributed by atoms with Gasteiger partial charge in [0.25, 0.3) is 0 Å². The van der Waals surface area contributed by atoms with Gasteiger partial charge in [-0.2, -0.15) is 0 Å². The Hall–Kier alpha value is -1.00. The molecule has 0 spiro atoms. The van der Waals surface area contributed by atoms with Crippen molar-refractivity contribution in [2.45, 2.75) is 30.8 Å². The van der Waals surface area contributed by atoms with Gasteiger partial charge in [0, 0.05) is 11.4 Å². The molecule has 1 aromatic carbocycles. The van der Waals surface area contributed by atoms with E-state index in [-0.39, 0.29) is 12.0 Å². The summed E-state index contributed by atoms with van der Waals surface area (Å²) in [6.45, 7) is 2.75. The average Bonchev–Trinajstić information content (AvgIpc) is 2.32. The molecule has 1 fully saturated rings. The molecule has 18 heavy (non-hydrogen) atoms. The normalized spacial score (nSPS) is 22.3. The topological polar surface area (TPSA) is 49.3 Å². The van der Waals surface area contributed by atoms with Crippen LogP contribution in [0, 0.1) is 12.8 Å². The minimum atomic E-state index is -0.145. The van der Waals surface area contributed by atoms with E-state index in [0.717, 1.165) is 17.7 Å². The van der Waals surface area contributed by atoms with Crippen LogP contribution in [0.5, 0.6) is 0 Å². The van der Waals surface area contributed by atoms with E-state index in [2.05, 4.69) is 17.4 Å². The number of hydrogen-bond acceptors (Lipinski definition) is 3. The number of thioether (sulfide) groups is 1. The molecule has 0 radical (unpaired) electrons. The molecule has 1 aromatic rings. The molecular weight excluding hydrogens is 246 g/mol. The Morgan fingerprint density at radius 3 is 2.67 bits per heavy atom. The second-order valence-electron chi connectivity index (χ2n) is 4.90. The molecule has 0 aliphatic heterocycles. The Kier molecular flexibility index (Phi) is 4.66. The van der Waals surface area contributed by atoms with Crippen LogP contribution in [0.4, 0.5) is 0 Å². The van der Waals surface area contributed by atoms with E-state index in [1.807, 2.05) is 19.1 Å². The van der Waals surface area contributed by atoms with Gasteiger partial charge in [0.2, 0.25) is 5.91 Å². The first kappa shape index (κ1) is 13.4. The fraction of sp³-hybridized carbons (Fsp3) is 0.500. The van der Waals surface area contributed by atoms with E-state index in [4.69, 9.17) is 5.11 Å². The van der Waals surface area contributed by atoms with Gasteiger partial charge in [0.1, 0.15) is 0 Å². The monoisotopic (exact) mass is 265 g/mol. The van der Waals surface area contributed by atoms with Gasteiger partial charge >= 0.3 is 0 Å². The van der Waals surface area contributed by atoms with Crippen LogP contribution in [0.15, 0.2) is 29.2 Å². The minimum Gasteiger partial charge on any atom is -0.393 e. The molecule has 0 bridgehead atoms. The SMILES string of the molecule is Cc1ccc(SCC(=O)NCC2CC(O)C2)cc1. The zero-order valence-corrected chi connectivity index (χ0v) is 11.4. The zero-order chi connectivity index (χ0) is 13.0. The van der Waals surface area contributed by atoms with Gasteiger partial charge in [0.15, 0.2) is 0 Å². The number of rotatable bonds is 5. The van der Waals surface area contributed by atoms with E-state index in [1.165, 1.54) is 5.56 Å². The van der Waals surface area contributed by atoms with Gasteiger partial charge < -0.3 is 10.4 Å². The Labute approximate surface area is 112 Å².